The Morgan fingerprint density at radius 2 is 1.88 bits per heavy atom. The number of hydrogen-bond acceptors (Lipinski definition) is 5. The lowest BCUT2D eigenvalue weighted by Gasteiger charge is -2.39. The van der Waals surface area contributed by atoms with Gasteiger partial charge in [0, 0.05) is 25.1 Å². The molecule has 1 aromatic rings. The van der Waals surface area contributed by atoms with Gasteiger partial charge >= 0.3 is 6.18 Å². The highest BCUT2D eigenvalue weighted by Crippen LogP contribution is 2.30. The predicted molar refractivity (Wildman–Crippen MR) is 76.2 cm³/mol. The molecule has 0 unspecified atom stereocenters. The first-order chi connectivity index (χ1) is 11.7. The number of carbonyl (C=O) groups excluding carboxylic acids is 3. The Morgan fingerprint density at radius 1 is 1.24 bits per heavy atom. The molecule has 0 aromatic carbocycles. The summed E-state index contributed by atoms with van der Waals surface area (Å²) in [6.07, 6.45) is -3.78. The van der Waals surface area contributed by atoms with E-state index in [0.717, 1.165) is 17.2 Å². The van der Waals surface area contributed by atoms with Crippen LogP contribution in [0.15, 0.2) is 18.3 Å². The number of halogens is 3. The van der Waals surface area contributed by atoms with E-state index in [2.05, 4.69) is 4.98 Å². The van der Waals surface area contributed by atoms with Gasteiger partial charge in [0.05, 0.1) is 13.1 Å². The van der Waals surface area contributed by atoms with Crippen LogP contribution in [0.4, 0.5) is 13.2 Å². The molecule has 25 heavy (non-hydrogen) atoms. The van der Waals surface area contributed by atoms with E-state index in [1.165, 1.54) is 11.0 Å². The highest BCUT2D eigenvalue weighted by Gasteiger charge is 2.37. The average Bonchev–Trinajstić information content (AvgIpc) is 2.81. The van der Waals surface area contributed by atoms with Crippen LogP contribution in [0.3, 0.4) is 0 Å². The monoisotopic (exact) mass is 357 g/mol. The first-order valence-corrected chi connectivity index (χ1v) is 7.55. The van der Waals surface area contributed by atoms with Crippen LogP contribution in [-0.2, 0) is 20.6 Å². The summed E-state index contributed by atoms with van der Waals surface area (Å²) in [6, 6.07) is 2.10. The molecule has 0 bridgehead atoms. The molecule has 7 nitrogen and oxygen atoms in total. The van der Waals surface area contributed by atoms with Gasteiger partial charge in [0.2, 0.25) is 17.7 Å². The Hall–Kier alpha value is -2.65. The summed E-state index contributed by atoms with van der Waals surface area (Å²) in [5.74, 6) is -1.12. The van der Waals surface area contributed by atoms with E-state index < -0.39 is 23.9 Å². The van der Waals surface area contributed by atoms with Gasteiger partial charge in [0.1, 0.15) is 24.1 Å². The molecule has 3 amide bonds. The summed E-state index contributed by atoms with van der Waals surface area (Å²) in [7, 11) is 0. The standard InChI is InChI=1S/C15H14F3N3O4/c16-15(17,18)11-5-9(3-4-19-11)25-10-6-20(7-10)14(24)8-21-12(22)1-2-13(21)23/h3-5,10H,1-2,6-8H2. The van der Waals surface area contributed by atoms with Crippen LogP contribution in [0.25, 0.3) is 0 Å². The van der Waals surface area contributed by atoms with Crippen molar-refractivity contribution >= 4 is 17.7 Å². The molecule has 0 atom stereocenters. The molecule has 3 heterocycles. The van der Waals surface area contributed by atoms with E-state index in [9.17, 15) is 27.6 Å². The topological polar surface area (TPSA) is 79.8 Å². The maximum absolute atomic E-state index is 12.6. The van der Waals surface area contributed by atoms with Crippen molar-refractivity contribution in [3.63, 3.8) is 0 Å². The number of amides is 3. The fourth-order valence-corrected chi connectivity index (χ4v) is 2.58. The predicted octanol–water partition coefficient (Wildman–Crippen LogP) is 0.839. The van der Waals surface area contributed by atoms with Gasteiger partial charge in [-0.25, -0.2) is 0 Å². The number of carbonyl (C=O) groups is 3. The second-order valence-electron chi connectivity index (χ2n) is 5.79. The zero-order valence-corrected chi connectivity index (χ0v) is 13.0. The van der Waals surface area contributed by atoms with E-state index in [1.807, 2.05) is 0 Å². The molecular formula is C15H14F3N3O4. The Kier molecular flexibility index (Phi) is 4.36. The number of aromatic nitrogens is 1. The van der Waals surface area contributed by atoms with Gasteiger partial charge < -0.3 is 9.64 Å². The molecule has 0 aliphatic carbocycles. The van der Waals surface area contributed by atoms with Crippen LogP contribution in [0, 0.1) is 0 Å². The zero-order valence-electron chi connectivity index (χ0n) is 13.0. The number of rotatable bonds is 4. The SMILES string of the molecule is O=C(CN1C(=O)CCC1=O)N1CC(Oc2ccnc(C(F)(F)F)c2)C1. The van der Waals surface area contributed by atoms with Crippen molar-refractivity contribution in [1.29, 1.82) is 0 Å². The van der Waals surface area contributed by atoms with Crippen molar-refractivity contribution in [1.82, 2.24) is 14.8 Å². The third-order valence-electron chi connectivity index (χ3n) is 3.97. The summed E-state index contributed by atoms with van der Waals surface area (Å²) in [5, 5.41) is 0. The first-order valence-electron chi connectivity index (χ1n) is 7.55. The van der Waals surface area contributed by atoms with Crippen molar-refractivity contribution in [3.05, 3.63) is 24.0 Å². The van der Waals surface area contributed by atoms with Crippen LogP contribution in [0.5, 0.6) is 5.75 Å². The second kappa shape index (κ2) is 6.34. The number of likely N-dealkylation sites (tertiary alicyclic amines) is 2. The minimum absolute atomic E-state index is 0.0179. The maximum atomic E-state index is 12.6. The van der Waals surface area contributed by atoms with Gasteiger partial charge in [-0.3, -0.25) is 24.3 Å². The molecule has 2 aliphatic heterocycles. The molecule has 134 valence electrons. The zero-order chi connectivity index (χ0) is 18.2. The van der Waals surface area contributed by atoms with Crippen molar-refractivity contribution < 1.29 is 32.3 Å². The first kappa shape index (κ1) is 17.2. The summed E-state index contributed by atoms with van der Waals surface area (Å²) < 4.78 is 43.2. The van der Waals surface area contributed by atoms with Crippen LogP contribution >= 0.6 is 0 Å². The van der Waals surface area contributed by atoms with Gasteiger partial charge in [-0.2, -0.15) is 13.2 Å². The summed E-state index contributed by atoms with van der Waals surface area (Å²) in [6.45, 7) is 0.0509. The lowest BCUT2D eigenvalue weighted by Crippen LogP contribution is -2.58. The molecule has 10 heteroatoms. The van der Waals surface area contributed by atoms with Crippen molar-refractivity contribution in [2.75, 3.05) is 19.6 Å². The lowest BCUT2D eigenvalue weighted by atomic mass is 10.1. The molecule has 2 saturated heterocycles. The quantitative estimate of drug-likeness (QED) is 0.746. The van der Waals surface area contributed by atoms with Crippen molar-refractivity contribution in [3.8, 4) is 5.75 Å². The molecule has 0 radical (unpaired) electrons. The molecule has 0 saturated carbocycles. The van der Waals surface area contributed by atoms with Crippen LogP contribution < -0.4 is 4.74 Å². The van der Waals surface area contributed by atoms with Crippen LogP contribution in [0.2, 0.25) is 0 Å². The molecular weight excluding hydrogens is 343 g/mol. The van der Waals surface area contributed by atoms with E-state index in [4.69, 9.17) is 4.74 Å². The largest absolute Gasteiger partial charge is 0.487 e. The van der Waals surface area contributed by atoms with E-state index in [1.54, 1.807) is 0 Å². The van der Waals surface area contributed by atoms with Gasteiger partial charge in [0.15, 0.2) is 0 Å². The Bertz CT molecular complexity index is 700. The number of ether oxygens (including phenoxy) is 1. The molecule has 0 spiro atoms. The number of pyridine rings is 1. The minimum atomic E-state index is -4.56. The fourth-order valence-electron chi connectivity index (χ4n) is 2.58. The van der Waals surface area contributed by atoms with Gasteiger partial charge in [-0.1, -0.05) is 0 Å². The summed E-state index contributed by atoms with van der Waals surface area (Å²) in [5.41, 5.74) is -1.05. The molecule has 3 rings (SSSR count). The maximum Gasteiger partial charge on any atom is 0.433 e. The average molecular weight is 357 g/mol. The number of alkyl halides is 3. The normalized spacial score (nSPS) is 18.5. The van der Waals surface area contributed by atoms with Gasteiger partial charge in [-0.15, -0.1) is 0 Å². The third kappa shape index (κ3) is 3.72. The number of nitrogens with zero attached hydrogens (tertiary/aromatic N) is 3. The van der Waals surface area contributed by atoms with Crippen LogP contribution in [-0.4, -0.2) is 58.2 Å². The molecule has 2 fully saturated rings. The van der Waals surface area contributed by atoms with E-state index in [0.29, 0.717) is 0 Å². The fraction of sp³-hybridized carbons (Fsp3) is 0.467. The highest BCUT2D eigenvalue weighted by atomic mass is 19.4. The molecule has 2 aliphatic rings. The van der Waals surface area contributed by atoms with E-state index >= 15 is 0 Å². The van der Waals surface area contributed by atoms with Crippen molar-refractivity contribution in [2.45, 2.75) is 25.1 Å². The Morgan fingerprint density at radius 3 is 2.48 bits per heavy atom. The smallest absolute Gasteiger partial charge is 0.433 e. The van der Waals surface area contributed by atoms with Gasteiger partial charge in [-0.05, 0) is 6.07 Å². The minimum Gasteiger partial charge on any atom is -0.487 e. The van der Waals surface area contributed by atoms with Gasteiger partial charge in [0.25, 0.3) is 0 Å². The van der Waals surface area contributed by atoms with Crippen molar-refractivity contribution in [2.24, 2.45) is 0 Å². The highest BCUT2D eigenvalue weighted by molar-refractivity contribution is 6.04. The number of imide groups is 1. The summed E-state index contributed by atoms with van der Waals surface area (Å²) in [4.78, 5) is 40.5. The second-order valence-corrected chi connectivity index (χ2v) is 5.79. The van der Waals surface area contributed by atoms with E-state index in [-0.39, 0.29) is 50.0 Å². The Labute approximate surface area is 140 Å². The molecule has 0 N–H and O–H groups in total. The van der Waals surface area contributed by atoms with Crippen LogP contribution in [0.1, 0.15) is 18.5 Å². The summed E-state index contributed by atoms with van der Waals surface area (Å²) >= 11 is 0. The Balaban J connectivity index is 1.50. The molecule has 1 aromatic heterocycles. The third-order valence-corrected chi connectivity index (χ3v) is 3.97. The lowest BCUT2D eigenvalue weighted by molar-refractivity contribution is -0.149. The number of hydrogen-bond donors (Lipinski definition) is 0.